The molecule has 1 N–H and O–H groups in total. The highest BCUT2D eigenvalue weighted by Crippen LogP contribution is 2.27. The predicted octanol–water partition coefficient (Wildman–Crippen LogP) is 3.79. The van der Waals surface area contributed by atoms with Crippen molar-refractivity contribution < 1.29 is 19.4 Å². The number of Topliss-reactive ketones (excluding diaryl/α,β-unsaturated/α-hetero) is 1. The minimum atomic E-state index is -1.93. The van der Waals surface area contributed by atoms with Crippen LogP contribution in [0.25, 0.3) is 0 Å². The number of benzene rings is 2. The van der Waals surface area contributed by atoms with Crippen molar-refractivity contribution in [3.8, 4) is 0 Å². The molecule has 0 aliphatic heterocycles. The summed E-state index contributed by atoms with van der Waals surface area (Å²) in [5, 5.41) is 10.6. The van der Waals surface area contributed by atoms with Crippen LogP contribution in [0.15, 0.2) is 60.7 Å². The van der Waals surface area contributed by atoms with Crippen LogP contribution in [0.2, 0.25) is 0 Å². The molecular weight excluding hydrogens is 304 g/mol. The summed E-state index contributed by atoms with van der Waals surface area (Å²) in [6.07, 6.45) is 0. The minimum Gasteiger partial charge on any atom is -0.382 e. The van der Waals surface area contributed by atoms with Crippen molar-refractivity contribution in [2.24, 2.45) is 0 Å². The zero-order valence-corrected chi connectivity index (χ0v) is 14.6. The molecular formula is C20H26O4. The Kier molecular flexibility index (Phi) is 8.94. The fraction of sp³-hybridized carbons (Fsp3) is 0.350. The van der Waals surface area contributed by atoms with Gasteiger partial charge in [-0.2, -0.15) is 0 Å². The van der Waals surface area contributed by atoms with Crippen molar-refractivity contribution in [1.29, 1.82) is 0 Å². The normalized spacial score (nSPS) is 12.7. The van der Waals surface area contributed by atoms with Gasteiger partial charge in [-0.1, -0.05) is 60.7 Å². The highest BCUT2D eigenvalue weighted by Gasteiger charge is 2.39. The van der Waals surface area contributed by atoms with Crippen molar-refractivity contribution in [3.63, 3.8) is 0 Å². The van der Waals surface area contributed by atoms with Crippen molar-refractivity contribution >= 4 is 5.78 Å². The highest BCUT2D eigenvalue weighted by molar-refractivity contribution is 6.01. The Morgan fingerprint density at radius 2 is 1.38 bits per heavy atom. The van der Waals surface area contributed by atoms with Crippen LogP contribution in [0.3, 0.4) is 0 Å². The van der Waals surface area contributed by atoms with Gasteiger partial charge in [-0.3, -0.25) is 4.79 Å². The summed E-state index contributed by atoms with van der Waals surface area (Å²) < 4.78 is 10.2. The minimum absolute atomic E-state index is 0.240. The standard InChI is InChI=1S/C16H16O3.C4H10O/c1-2-19-16(18,14-11-7-4-8-12-14)15(17)13-9-5-3-6-10-13;1-3-5-4-2/h3-12,18H,2H2,1H3;3-4H2,1-2H3. The fourth-order valence-corrected chi connectivity index (χ4v) is 2.14. The van der Waals surface area contributed by atoms with E-state index in [0.29, 0.717) is 11.1 Å². The van der Waals surface area contributed by atoms with Gasteiger partial charge in [0.15, 0.2) is 0 Å². The molecule has 0 aromatic heterocycles. The second-order valence-corrected chi connectivity index (χ2v) is 4.92. The van der Waals surface area contributed by atoms with Crippen LogP contribution in [0.4, 0.5) is 0 Å². The number of rotatable bonds is 7. The van der Waals surface area contributed by atoms with E-state index in [9.17, 15) is 9.90 Å². The van der Waals surface area contributed by atoms with Crippen LogP contribution < -0.4 is 0 Å². The molecule has 2 aromatic rings. The van der Waals surface area contributed by atoms with Gasteiger partial charge in [0, 0.05) is 30.9 Å². The highest BCUT2D eigenvalue weighted by atomic mass is 16.6. The summed E-state index contributed by atoms with van der Waals surface area (Å²) >= 11 is 0. The zero-order valence-electron chi connectivity index (χ0n) is 14.6. The average Bonchev–Trinajstić information content (AvgIpc) is 2.64. The molecule has 0 bridgehead atoms. The Hall–Kier alpha value is -2.01. The fourth-order valence-electron chi connectivity index (χ4n) is 2.14. The molecule has 0 aliphatic carbocycles. The van der Waals surface area contributed by atoms with Gasteiger partial charge in [0.2, 0.25) is 5.78 Å². The van der Waals surface area contributed by atoms with E-state index in [0.717, 1.165) is 13.2 Å². The molecule has 24 heavy (non-hydrogen) atoms. The molecule has 2 rings (SSSR count). The van der Waals surface area contributed by atoms with E-state index in [-0.39, 0.29) is 6.61 Å². The van der Waals surface area contributed by atoms with Crippen LogP contribution in [0, 0.1) is 0 Å². The molecule has 0 heterocycles. The lowest BCUT2D eigenvalue weighted by molar-refractivity contribution is -0.170. The smallest absolute Gasteiger partial charge is 0.258 e. The number of carbonyl (C=O) groups is 1. The maximum absolute atomic E-state index is 12.5. The monoisotopic (exact) mass is 330 g/mol. The average molecular weight is 330 g/mol. The van der Waals surface area contributed by atoms with Crippen LogP contribution in [0.5, 0.6) is 0 Å². The lowest BCUT2D eigenvalue weighted by atomic mass is 9.96. The third-order valence-corrected chi connectivity index (χ3v) is 3.27. The first-order chi connectivity index (χ1) is 11.6. The lowest BCUT2D eigenvalue weighted by Crippen LogP contribution is -2.38. The first-order valence-electron chi connectivity index (χ1n) is 8.19. The second-order valence-electron chi connectivity index (χ2n) is 4.92. The van der Waals surface area contributed by atoms with Gasteiger partial charge in [0.1, 0.15) is 0 Å². The van der Waals surface area contributed by atoms with E-state index in [1.54, 1.807) is 55.5 Å². The lowest BCUT2D eigenvalue weighted by Gasteiger charge is -2.26. The summed E-state index contributed by atoms with van der Waals surface area (Å²) in [5.74, 6) is -2.39. The Labute approximate surface area is 144 Å². The van der Waals surface area contributed by atoms with Crippen LogP contribution in [0.1, 0.15) is 36.7 Å². The summed E-state index contributed by atoms with van der Waals surface area (Å²) in [6, 6.07) is 17.4. The van der Waals surface area contributed by atoms with Crippen molar-refractivity contribution in [1.82, 2.24) is 0 Å². The Bertz CT molecular complexity index is 581. The third-order valence-electron chi connectivity index (χ3n) is 3.27. The predicted molar refractivity (Wildman–Crippen MR) is 94.9 cm³/mol. The van der Waals surface area contributed by atoms with Gasteiger partial charge in [-0.25, -0.2) is 0 Å². The van der Waals surface area contributed by atoms with Crippen LogP contribution in [-0.4, -0.2) is 30.7 Å². The van der Waals surface area contributed by atoms with Gasteiger partial charge >= 0.3 is 0 Å². The van der Waals surface area contributed by atoms with Crippen molar-refractivity contribution in [2.45, 2.75) is 26.6 Å². The molecule has 0 radical (unpaired) electrons. The number of aliphatic hydroxyl groups is 1. The second kappa shape index (κ2) is 10.7. The summed E-state index contributed by atoms with van der Waals surface area (Å²) in [4.78, 5) is 12.5. The molecule has 130 valence electrons. The summed E-state index contributed by atoms with van der Waals surface area (Å²) in [5.41, 5.74) is 0.855. The number of ether oxygens (including phenoxy) is 2. The maximum Gasteiger partial charge on any atom is 0.258 e. The van der Waals surface area contributed by atoms with E-state index in [2.05, 4.69) is 0 Å². The molecule has 1 atom stereocenters. The van der Waals surface area contributed by atoms with Gasteiger partial charge in [-0.15, -0.1) is 0 Å². The molecule has 0 amide bonds. The number of hydrogen-bond acceptors (Lipinski definition) is 4. The molecule has 0 saturated heterocycles. The molecule has 0 aliphatic rings. The Morgan fingerprint density at radius 1 is 0.875 bits per heavy atom. The molecule has 4 nitrogen and oxygen atoms in total. The third kappa shape index (κ3) is 5.57. The van der Waals surface area contributed by atoms with E-state index in [4.69, 9.17) is 9.47 Å². The molecule has 2 aromatic carbocycles. The van der Waals surface area contributed by atoms with Gasteiger partial charge in [0.05, 0.1) is 0 Å². The molecule has 0 spiro atoms. The quantitative estimate of drug-likeness (QED) is 0.620. The van der Waals surface area contributed by atoms with E-state index in [1.165, 1.54) is 0 Å². The maximum atomic E-state index is 12.5. The largest absolute Gasteiger partial charge is 0.382 e. The number of carbonyl (C=O) groups excluding carboxylic acids is 1. The first-order valence-corrected chi connectivity index (χ1v) is 8.19. The van der Waals surface area contributed by atoms with Crippen molar-refractivity contribution in [2.75, 3.05) is 19.8 Å². The zero-order chi connectivity index (χ0) is 17.8. The summed E-state index contributed by atoms with van der Waals surface area (Å²) in [6.45, 7) is 7.65. The van der Waals surface area contributed by atoms with Crippen LogP contribution in [-0.2, 0) is 15.3 Å². The van der Waals surface area contributed by atoms with E-state index < -0.39 is 11.6 Å². The van der Waals surface area contributed by atoms with Crippen LogP contribution >= 0.6 is 0 Å². The molecule has 1 unspecified atom stereocenters. The topological polar surface area (TPSA) is 55.8 Å². The Morgan fingerprint density at radius 3 is 1.79 bits per heavy atom. The van der Waals surface area contributed by atoms with Gasteiger partial charge < -0.3 is 14.6 Å². The number of ketones is 1. The Balaban J connectivity index is 0.000000505. The SMILES string of the molecule is CCOC(O)(C(=O)c1ccccc1)c1ccccc1.CCOCC. The summed E-state index contributed by atoms with van der Waals surface area (Å²) in [7, 11) is 0. The van der Waals surface area contributed by atoms with Crippen molar-refractivity contribution in [3.05, 3.63) is 71.8 Å². The van der Waals surface area contributed by atoms with Gasteiger partial charge in [0.25, 0.3) is 5.79 Å². The van der Waals surface area contributed by atoms with E-state index in [1.807, 2.05) is 26.0 Å². The number of hydrogen-bond donors (Lipinski definition) is 1. The van der Waals surface area contributed by atoms with E-state index >= 15 is 0 Å². The molecule has 0 fully saturated rings. The molecule has 0 saturated carbocycles. The first kappa shape index (κ1) is 20.0. The molecule has 4 heteroatoms. The van der Waals surface area contributed by atoms with Gasteiger partial charge in [-0.05, 0) is 20.8 Å².